The van der Waals surface area contributed by atoms with Crippen molar-refractivity contribution in [3.05, 3.63) is 83.2 Å². The van der Waals surface area contributed by atoms with Crippen LogP contribution >= 0.6 is 0 Å². The number of halogens is 1. The van der Waals surface area contributed by atoms with E-state index in [0.717, 1.165) is 18.5 Å². The van der Waals surface area contributed by atoms with Gasteiger partial charge >= 0.3 is 0 Å². The molecule has 3 aromatic rings. The molecule has 29 heavy (non-hydrogen) atoms. The van der Waals surface area contributed by atoms with E-state index in [4.69, 9.17) is 0 Å². The third-order valence-electron chi connectivity index (χ3n) is 4.96. The molecule has 148 valence electrons. The average Bonchev–Trinajstić information content (AvgIpc) is 3.14. The summed E-state index contributed by atoms with van der Waals surface area (Å²) in [5.41, 5.74) is 2.05. The number of fused-ring (bicyclic) bond motifs is 1. The van der Waals surface area contributed by atoms with Gasteiger partial charge in [-0.05, 0) is 37.5 Å². The topological polar surface area (TPSA) is 76.0 Å². The summed E-state index contributed by atoms with van der Waals surface area (Å²) in [7, 11) is 0. The van der Waals surface area contributed by atoms with Gasteiger partial charge in [-0.1, -0.05) is 36.4 Å². The van der Waals surface area contributed by atoms with Crippen LogP contribution in [0.15, 0.2) is 54.6 Å². The van der Waals surface area contributed by atoms with E-state index in [1.807, 2.05) is 22.8 Å². The lowest BCUT2D eigenvalue weighted by molar-refractivity contribution is 0.0944. The van der Waals surface area contributed by atoms with Gasteiger partial charge in [0, 0.05) is 24.3 Å². The molecule has 2 aromatic carbocycles. The van der Waals surface area contributed by atoms with Gasteiger partial charge < -0.3 is 15.2 Å². The van der Waals surface area contributed by atoms with Crippen molar-refractivity contribution in [3.8, 4) is 0 Å². The molecule has 2 heterocycles. The minimum atomic E-state index is -0.405. The quantitative estimate of drug-likeness (QED) is 0.697. The van der Waals surface area contributed by atoms with Crippen LogP contribution in [0.1, 0.15) is 45.2 Å². The van der Waals surface area contributed by atoms with Crippen molar-refractivity contribution in [1.29, 1.82) is 0 Å². The number of carbonyl (C=O) groups excluding carboxylic acids is 2. The second kappa shape index (κ2) is 8.26. The van der Waals surface area contributed by atoms with E-state index in [0.29, 0.717) is 24.2 Å². The van der Waals surface area contributed by atoms with Crippen LogP contribution in [0.25, 0.3) is 0 Å². The first-order valence-corrected chi connectivity index (χ1v) is 9.61. The van der Waals surface area contributed by atoms with Crippen LogP contribution < -0.4 is 10.6 Å². The number of imidazole rings is 1. The molecule has 0 saturated carbocycles. The first-order valence-electron chi connectivity index (χ1n) is 9.61. The molecular formula is C22H21FN4O2. The second-order valence-electron chi connectivity index (χ2n) is 6.93. The van der Waals surface area contributed by atoms with Crippen LogP contribution in [0.3, 0.4) is 0 Å². The molecule has 0 spiro atoms. The summed E-state index contributed by atoms with van der Waals surface area (Å²) in [6.45, 7) is 0.698. The van der Waals surface area contributed by atoms with Gasteiger partial charge in [0.1, 0.15) is 11.5 Å². The molecule has 2 amide bonds. The maximum absolute atomic E-state index is 13.8. The summed E-state index contributed by atoms with van der Waals surface area (Å²) in [6, 6.07) is 15.4. The Balaban J connectivity index is 1.56. The Kier molecular flexibility index (Phi) is 5.37. The average molecular weight is 392 g/mol. The third-order valence-corrected chi connectivity index (χ3v) is 4.96. The largest absolute Gasteiger partial charge is 0.346 e. The molecule has 0 unspecified atom stereocenters. The van der Waals surface area contributed by atoms with Gasteiger partial charge in [0.2, 0.25) is 0 Å². The molecule has 0 atom stereocenters. The highest BCUT2D eigenvalue weighted by atomic mass is 19.1. The molecule has 1 aliphatic rings. The number of hydrogen-bond acceptors (Lipinski definition) is 3. The maximum Gasteiger partial charge on any atom is 0.291 e. The fourth-order valence-electron chi connectivity index (χ4n) is 3.51. The number of amides is 2. The summed E-state index contributed by atoms with van der Waals surface area (Å²) >= 11 is 0. The molecule has 0 aliphatic carbocycles. The summed E-state index contributed by atoms with van der Waals surface area (Å²) < 4.78 is 15.6. The minimum Gasteiger partial charge on any atom is -0.346 e. The normalized spacial score (nSPS) is 12.9. The van der Waals surface area contributed by atoms with Crippen molar-refractivity contribution in [3.63, 3.8) is 0 Å². The highest BCUT2D eigenvalue weighted by molar-refractivity contribution is 6.03. The van der Waals surface area contributed by atoms with Gasteiger partial charge in [-0.2, -0.15) is 0 Å². The maximum atomic E-state index is 13.8. The Bertz CT molecular complexity index is 1050. The molecule has 7 heteroatoms. The van der Waals surface area contributed by atoms with Crippen LogP contribution in [0, 0.1) is 5.82 Å². The molecule has 0 bridgehead atoms. The van der Waals surface area contributed by atoms with Gasteiger partial charge in [0.25, 0.3) is 11.8 Å². The van der Waals surface area contributed by atoms with Gasteiger partial charge in [0.15, 0.2) is 5.82 Å². The predicted octanol–water partition coefficient (Wildman–Crippen LogP) is 3.54. The number of para-hydroxylation sites is 1. The molecule has 0 fully saturated rings. The van der Waals surface area contributed by atoms with Crippen LogP contribution in [0.5, 0.6) is 0 Å². The van der Waals surface area contributed by atoms with E-state index >= 15 is 0 Å². The number of hydrogen-bond donors (Lipinski definition) is 2. The Labute approximate surface area is 167 Å². The van der Waals surface area contributed by atoms with Crippen LogP contribution in [0.4, 0.5) is 10.1 Å². The van der Waals surface area contributed by atoms with Crippen LogP contribution in [-0.2, 0) is 19.5 Å². The zero-order valence-electron chi connectivity index (χ0n) is 15.8. The number of aromatic nitrogens is 2. The smallest absolute Gasteiger partial charge is 0.291 e. The van der Waals surface area contributed by atoms with Gasteiger partial charge in [-0.15, -0.1) is 0 Å². The van der Waals surface area contributed by atoms with E-state index in [9.17, 15) is 14.0 Å². The Hall–Kier alpha value is -3.48. The standard InChI is InChI=1S/C22H21FN4O2/c23-17-11-5-4-8-15(17)14-24-21(28)19-18-12-6-7-13-27(18)20(26-19)22(29)25-16-9-2-1-3-10-16/h1-5,8-11H,6-7,12-14H2,(H,24,28)(H,25,29). The van der Waals surface area contributed by atoms with Gasteiger partial charge in [-0.25, -0.2) is 9.37 Å². The number of nitrogens with one attached hydrogen (secondary N) is 2. The fraction of sp³-hybridized carbons (Fsp3) is 0.227. The number of benzene rings is 2. The van der Waals surface area contributed by atoms with Crippen molar-refractivity contribution in [2.75, 3.05) is 5.32 Å². The lowest BCUT2D eigenvalue weighted by Crippen LogP contribution is -2.25. The summed E-state index contributed by atoms with van der Waals surface area (Å²) in [4.78, 5) is 29.9. The Morgan fingerprint density at radius 1 is 1.00 bits per heavy atom. The van der Waals surface area contributed by atoms with E-state index in [2.05, 4.69) is 15.6 Å². The van der Waals surface area contributed by atoms with E-state index < -0.39 is 5.91 Å². The third kappa shape index (κ3) is 4.03. The van der Waals surface area contributed by atoms with E-state index in [1.165, 1.54) is 6.07 Å². The fourth-order valence-corrected chi connectivity index (χ4v) is 3.51. The first kappa shape index (κ1) is 18.9. The van der Waals surface area contributed by atoms with Gasteiger partial charge in [-0.3, -0.25) is 9.59 Å². The predicted molar refractivity (Wildman–Crippen MR) is 107 cm³/mol. The summed E-state index contributed by atoms with van der Waals surface area (Å²) in [6.07, 6.45) is 2.53. The molecule has 1 aromatic heterocycles. The number of carbonyl (C=O) groups is 2. The molecule has 0 saturated heterocycles. The number of nitrogens with zero attached hydrogens (tertiary/aromatic N) is 2. The van der Waals surface area contributed by atoms with Crippen molar-refractivity contribution >= 4 is 17.5 Å². The SMILES string of the molecule is O=C(NCc1ccccc1F)c1nc(C(=O)Nc2ccccc2)n2c1CCCC2. The second-order valence-corrected chi connectivity index (χ2v) is 6.93. The lowest BCUT2D eigenvalue weighted by atomic mass is 10.1. The van der Waals surface area contributed by atoms with E-state index in [-0.39, 0.29) is 29.8 Å². The molecule has 0 radical (unpaired) electrons. The van der Waals surface area contributed by atoms with Gasteiger partial charge in [0.05, 0.1) is 5.69 Å². The highest BCUT2D eigenvalue weighted by Crippen LogP contribution is 2.22. The van der Waals surface area contributed by atoms with Crippen molar-refractivity contribution in [1.82, 2.24) is 14.9 Å². The molecular weight excluding hydrogens is 371 g/mol. The summed E-state index contributed by atoms with van der Waals surface area (Å²) in [5.74, 6) is -0.910. The molecule has 2 N–H and O–H groups in total. The number of anilines is 1. The number of rotatable bonds is 5. The zero-order valence-corrected chi connectivity index (χ0v) is 15.8. The minimum absolute atomic E-state index is 0.0589. The lowest BCUT2D eigenvalue weighted by Gasteiger charge is -2.17. The van der Waals surface area contributed by atoms with Crippen molar-refractivity contribution < 1.29 is 14.0 Å². The van der Waals surface area contributed by atoms with Crippen molar-refractivity contribution in [2.24, 2.45) is 0 Å². The van der Waals surface area contributed by atoms with Crippen molar-refractivity contribution in [2.45, 2.75) is 32.4 Å². The Morgan fingerprint density at radius 3 is 2.55 bits per heavy atom. The Morgan fingerprint density at radius 2 is 1.76 bits per heavy atom. The highest BCUT2D eigenvalue weighted by Gasteiger charge is 2.27. The van der Waals surface area contributed by atoms with Crippen LogP contribution in [-0.4, -0.2) is 21.4 Å². The zero-order chi connectivity index (χ0) is 20.2. The molecule has 1 aliphatic heterocycles. The first-order chi connectivity index (χ1) is 14.1. The van der Waals surface area contributed by atoms with Crippen LogP contribution in [0.2, 0.25) is 0 Å². The monoisotopic (exact) mass is 392 g/mol. The summed E-state index contributed by atoms with van der Waals surface area (Å²) in [5, 5.41) is 5.54. The van der Waals surface area contributed by atoms with E-state index in [1.54, 1.807) is 30.3 Å². The molecule has 4 rings (SSSR count). The molecule has 6 nitrogen and oxygen atoms in total.